The summed E-state index contributed by atoms with van der Waals surface area (Å²) in [5, 5.41) is 73.2. The van der Waals surface area contributed by atoms with Crippen LogP contribution in [-0.2, 0) is 0 Å². The molecule has 0 aliphatic rings. The highest BCUT2D eigenvalue weighted by atomic mass is 127. The molecular formula is C84H54B2BrIN5O14. The summed E-state index contributed by atoms with van der Waals surface area (Å²) < 4.78 is 30.9. The van der Waals surface area contributed by atoms with Gasteiger partial charge in [0.2, 0.25) is 0 Å². The number of nitrogens with one attached hydrogen (secondary N) is 2. The molecule has 0 bridgehead atoms. The van der Waals surface area contributed by atoms with Crippen molar-refractivity contribution in [2.75, 3.05) is 0 Å². The van der Waals surface area contributed by atoms with Gasteiger partial charge in [-0.05, 0) is 123 Å². The third-order valence-corrected chi connectivity index (χ3v) is 19.5. The van der Waals surface area contributed by atoms with Crippen LogP contribution < -0.4 is 10.1 Å². The first-order valence-corrected chi connectivity index (χ1v) is 35.2. The van der Waals surface area contributed by atoms with Gasteiger partial charge in [0.1, 0.15) is 44.8 Å². The zero-order valence-corrected chi connectivity index (χ0v) is 59.6. The molecule has 0 saturated heterocycles. The van der Waals surface area contributed by atoms with E-state index in [2.05, 4.69) is 146 Å². The van der Waals surface area contributed by atoms with Crippen LogP contribution in [0.25, 0.3) is 154 Å². The van der Waals surface area contributed by atoms with Gasteiger partial charge >= 0.3 is 14.8 Å². The number of hydrogen-bond acceptors (Lipinski definition) is 14. The summed E-state index contributed by atoms with van der Waals surface area (Å²) in [4.78, 5) is 39.1. The maximum atomic E-state index is 11.6. The lowest BCUT2D eigenvalue weighted by atomic mass is 9.79. The molecule has 20 aromatic rings. The van der Waals surface area contributed by atoms with Gasteiger partial charge in [0.25, 0.3) is 17.1 Å². The van der Waals surface area contributed by atoms with Crippen molar-refractivity contribution in [1.82, 2.24) is 9.97 Å². The van der Waals surface area contributed by atoms with E-state index in [1.165, 1.54) is 43.3 Å². The van der Waals surface area contributed by atoms with Crippen molar-refractivity contribution in [2.24, 2.45) is 0 Å². The lowest BCUT2D eigenvalue weighted by molar-refractivity contribution is -0.385. The van der Waals surface area contributed by atoms with Crippen LogP contribution in [0.4, 0.5) is 17.1 Å². The molecule has 1 radical (unpaired) electrons. The van der Waals surface area contributed by atoms with E-state index in [-0.39, 0.29) is 22.5 Å². The summed E-state index contributed by atoms with van der Waals surface area (Å²) in [6.45, 7) is 0. The molecule has 519 valence electrons. The fraction of sp³-hybridized carbons (Fsp3) is 0. The molecule has 0 aliphatic heterocycles. The Kier molecular flexibility index (Phi) is 19.8. The molecule has 14 aromatic carbocycles. The maximum Gasteiger partial charge on any atom is 0.569 e. The van der Waals surface area contributed by atoms with Crippen LogP contribution >= 0.6 is 38.5 Å². The van der Waals surface area contributed by atoms with Gasteiger partial charge in [-0.15, -0.1) is 0 Å². The third kappa shape index (κ3) is 13.7. The number of H-pyrrole nitrogens is 2. The zero-order valence-electron chi connectivity index (χ0n) is 55.9. The van der Waals surface area contributed by atoms with Gasteiger partial charge in [-0.1, -0.05) is 194 Å². The zero-order chi connectivity index (χ0) is 73.8. The van der Waals surface area contributed by atoms with Gasteiger partial charge in [0.15, 0.2) is 5.58 Å². The van der Waals surface area contributed by atoms with Crippen molar-refractivity contribution < 1.29 is 52.2 Å². The van der Waals surface area contributed by atoms with E-state index in [1.54, 1.807) is 91.0 Å². The van der Waals surface area contributed by atoms with Crippen molar-refractivity contribution in [1.29, 1.82) is 0 Å². The largest absolute Gasteiger partial charge is 0.569 e. The molecule has 6 aromatic heterocycles. The van der Waals surface area contributed by atoms with Crippen LogP contribution in [0, 0.1) is 33.9 Å². The van der Waals surface area contributed by atoms with Crippen molar-refractivity contribution in [2.45, 2.75) is 0 Å². The van der Waals surface area contributed by atoms with E-state index in [0.29, 0.717) is 62.5 Å². The Labute approximate surface area is 628 Å². The number of benzene rings is 14. The number of rotatable bonds is 8. The standard InChI is InChI=1S/C24H14N2O5.C24H14N2O.C12H9B2O5.C12H8O.C6H4BrNO2.C6H5I/c27-25(28)21-13-3-1-7-15(21)17-9-5-11-19-20-12-6-10-18(24(20)31-23(17)19)16-8-2-4-14-22(16)26(29)30;1-3-7-17-15(5-1)21-19(25-17)11-9-13-14-10-12-20-22(24(14)27-23(13)21)16-6-2-4-8-18(16)26-20;15-13-19-10-6-2-4-8-7-3-1-5-9(14(16)17)11(7)18-12(8)10;1-3-7-11-9(5-1)10-6-2-4-8-12(10)13-11;7-5-3-1-2-4-6(5)8(9)10;7-6-4-2-1-3-5-6/h1-14H;1-12,25-26H;1-6,15-17H;1-8H;1-4H;1-5H. The Morgan fingerprint density at radius 1 is 0.355 bits per heavy atom. The molecule has 6 heterocycles. The normalized spacial score (nSPS) is 11.1. The second-order valence-electron chi connectivity index (χ2n) is 24.3. The Hall–Kier alpha value is -12.9. The quantitative estimate of drug-likeness (QED) is 0.0409. The van der Waals surface area contributed by atoms with Crippen LogP contribution in [0.2, 0.25) is 0 Å². The fourth-order valence-corrected chi connectivity index (χ4v) is 14.2. The molecule has 0 spiro atoms. The minimum Gasteiger partial charge on any atom is -0.535 e. The minimum atomic E-state index is -1.61. The topological polar surface area (TPSA) is 283 Å². The average molecular weight is 1590 g/mol. The predicted octanol–water partition coefficient (Wildman–Crippen LogP) is 22.0. The molecule has 0 fully saturated rings. The van der Waals surface area contributed by atoms with E-state index in [1.807, 2.05) is 91.0 Å². The third-order valence-electron chi connectivity index (χ3n) is 18.1. The molecule has 107 heavy (non-hydrogen) atoms. The van der Waals surface area contributed by atoms with Crippen LogP contribution in [-0.4, -0.2) is 54.6 Å². The Balaban J connectivity index is 0.000000109. The average Bonchev–Trinajstić information content (AvgIpc) is 1.57. The highest BCUT2D eigenvalue weighted by molar-refractivity contribution is 14.1. The van der Waals surface area contributed by atoms with Crippen molar-refractivity contribution in [3.8, 4) is 28.0 Å². The summed E-state index contributed by atoms with van der Waals surface area (Å²) in [5.41, 5.74) is 12.6. The number of nitrogens with zero attached hydrogens (tertiary/aromatic N) is 3. The second-order valence-corrected chi connectivity index (χ2v) is 26.4. The number of furan rings is 4. The number of nitro benzene ring substituents is 3. The molecule has 0 unspecified atom stereocenters. The van der Waals surface area contributed by atoms with Crippen molar-refractivity contribution in [3.63, 3.8) is 0 Å². The Morgan fingerprint density at radius 3 is 1.20 bits per heavy atom. The maximum absolute atomic E-state index is 11.6. The highest BCUT2D eigenvalue weighted by Gasteiger charge is 2.25. The first-order chi connectivity index (χ1) is 52.2. The van der Waals surface area contributed by atoms with Crippen molar-refractivity contribution >= 4 is 207 Å². The van der Waals surface area contributed by atoms with Crippen LogP contribution in [0.5, 0.6) is 5.75 Å². The number of hydrogen-bond donors (Lipinski definition) is 5. The number of nitro groups is 3. The molecule has 23 heteroatoms. The molecule has 0 atom stereocenters. The minimum absolute atomic E-state index is 0.0191. The second kappa shape index (κ2) is 30.4. The summed E-state index contributed by atoms with van der Waals surface area (Å²) >= 11 is 5.33. The summed E-state index contributed by atoms with van der Waals surface area (Å²) in [5.74, 6) is 0.356. The summed E-state index contributed by atoms with van der Waals surface area (Å²) in [6.07, 6.45) is 0. The predicted molar refractivity (Wildman–Crippen MR) is 436 cm³/mol. The lowest BCUT2D eigenvalue weighted by Gasteiger charge is -2.04. The van der Waals surface area contributed by atoms with Crippen molar-refractivity contribution in [3.05, 3.63) is 336 Å². The van der Waals surface area contributed by atoms with Gasteiger partial charge in [0, 0.05) is 103 Å². The van der Waals surface area contributed by atoms with E-state index < -0.39 is 21.9 Å². The molecule has 19 nitrogen and oxygen atoms in total. The number of para-hydroxylation sites is 11. The van der Waals surface area contributed by atoms with Crippen LogP contribution in [0.1, 0.15) is 0 Å². The Bertz CT molecular complexity index is 6490. The SMILES string of the molecule is Ic1ccccc1.O=[N+]([O-])c1ccccc1-c1cccc2c1oc1c(-c3ccccc3[N+](=O)[O-])cccc12.O=[N+]([O-])c1ccccc1Br.O[B]Oc1cccc2c1oc1c(B(O)O)cccc12.c1ccc2c(c1)[nH]c1ccc3c4ccc5[nH]c6ccccc6c5c4oc3c12.c1ccc2c(c1)oc1ccccc12. The van der Waals surface area contributed by atoms with Crippen LogP contribution in [0.3, 0.4) is 0 Å². The van der Waals surface area contributed by atoms with Gasteiger partial charge < -0.3 is 47.4 Å². The van der Waals surface area contributed by atoms with Gasteiger partial charge in [0.05, 0.1) is 52.2 Å². The summed E-state index contributed by atoms with van der Waals surface area (Å²) in [7, 11) is -1.04. The highest BCUT2D eigenvalue weighted by Crippen LogP contribution is 2.45. The van der Waals surface area contributed by atoms with E-state index in [9.17, 15) is 40.4 Å². The molecule has 0 aliphatic carbocycles. The molecule has 20 rings (SSSR count). The van der Waals surface area contributed by atoms with Crippen LogP contribution in [0.15, 0.2) is 319 Å². The van der Waals surface area contributed by atoms with Gasteiger partial charge in [-0.25, -0.2) is 0 Å². The van der Waals surface area contributed by atoms with E-state index >= 15 is 0 Å². The Morgan fingerprint density at radius 2 is 0.729 bits per heavy atom. The fourth-order valence-electron chi connectivity index (χ4n) is 13.4. The monoisotopic (exact) mass is 1580 g/mol. The van der Waals surface area contributed by atoms with E-state index in [4.69, 9.17) is 27.3 Å². The van der Waals surface area contributed by atoms with Gasteiger partial charge in [-0.2, -0.15) is 0 Å². The molecule has 0 amide bonds. The molecule has 5 N–H and O–H groups in total. The smallest absolute Gasteiger partial charge is 0.535 e. The number of aromatic amines is 2. The number of halogens is 2. The molecule has 0 saturated carbocycles. The lowest BCUT2D eigenvalue weighted by Crippen LogP contribution is -2.29. The molecular weight excluding hydrogens is 1530 g/mol. The first kappa shape index (κ1) is 69.8. The van der Waals surface area contributed by atoms with Gasteiger partial charge in [-0.3, -0.25) is 30.3 Å². The summed E-state index contributed by atoms with van der Waals surface area (Å²) in [6, 6.07) is 92.6. The first-order valence-electron chi connectivity index (χ1n) is 33.3. The number of aromatic nitrogens is 2. The number of fused-ring (bicyclic) bond motifs is 20. The van der Waals surface area contributed by atoms with E-state index in [0.717, 1.165) is 87.5 Å².